The van der Waals surface area contributed by atoms with E-state index in [1.807, 2.05) is 5.01 Å². The third kappa shape index (κ3) is 2.45. The number of rotatable bonds is 2. The largest absolute Gasteiger partial charge is 0.274 e. The highest BCUT2D eigenvalue weighted by atomic mass is 35.5. The van der Waals surface area contributed by atoms with Gasteiger partial charge in [0.05, 0.1) is 27.7 Å². The quantitative estimate of drug-likeness (QED) is 0.696. The van der Waals surface area contributed by atoms with E-state index in [0.29, 0.717) is 6.54 Å². The zero-order valence-corrected chi connectivity index (χ0v) is 16.2. The van der Waals surface area contributed by atoms with Gasteiger partial charge in [-0.1, -0.05) is 41.4 Å². The topological polar surface area (TPSA) is 43.9 Å². The second kappa shape index (κ2) is 6.52. The van der Waals surface area contributed by atoms with Crippen molar-refractivity contribution >= 4 is 40.7 Å². The van der Waals surface area contributed by atoms with E-state index in [4.69, 9.17) is 23.2 Å². The van der Waals surface area contributed by atoms with Crippen LogP contribution in [0.2, 0.25) is 10.0 Å². The minimum Gasteiger partial charge on any atom is -0.274 e. The maximum atomic E-state index is 13.4. The summed E-state index contributed by atoms with van der Waals surface area (Å²) >= 11 is 12.6. The van der Waals surface area contributed by atoms with Crippen molar-refractivity contribution in [2.24, 2.45) is 5.92 Å². The highest BCUT2D eigenvalue weighted by molar-refractivity contribution is 6.42. The van der Waals surface area contributed by atoms with Gasteiger partial charge < -0.3 is 0 Å². The maximum Gasteiger partial charge on any atom is 0.253 e. The molecule has 5 nitrogen and oxygen atoms in total. The number of fused-ring (bicyclic) bond motifs is 3. The monoisotopic (exact) mass is 419 g/mol. The van der Waals surface area contributed by atoms with Crippen LogP contribution in [0.3, 0.4) is 0 Å². The lowest BCUT2D eigenvalue weighted by atomic mass is 9.90. The molecule has 2 aromatic rings. The van der Waals surface area contributed by atoms with Gasteiger partial charge in [-0.3, -0.25) is 9.59 Å². The first-order chi connectivity index (χ1) is 13.5. The second-order valence-electron chi connectivity index (χ2n) is 7.23. The molecule has 144 valence electrons. The minimum atomic E-state index is -0.600. The number of hydrogen-bond acceptors (Lipinski definition) is 4. The Labute approximate surface area is 171 Å². The predicted molar refractivity (Wildman–Crippen MR) is 103 cm³/mol. The van der Waals surface area contributed by atoms with Crippen molar-refractivity contribution in [2.45, 2.75) is 18.5 Å². The summed E-state index contributed by atoms with van der Waals surface area (Å²) in [5.74, 6) is -1.57. The number of carbonyl (C=O) groups is 2. The van der Waals surface area contributed by atoms with Gasteiger partial charge in [-0.2, -0.15) is 0 Å². The van der Waals surface area contributed by atoms with Gasteiger partial charge in [0.1, 0.15) is 11.9 Å². The number of halogens is 3. The van der Waals surface area contributed by atoms with Gasteiger partial charge in [-0.15, -0.1) is 0 Å². The highest BCUT2D eigenvalue weighted by Gasteiger charge is 2.63. The Morgan fingerprint density at radius 1 is 0.857 bits per heavy atom. The SMILES string of the molecule is O=C1[C@@H]2[C@@H](C(=O)N1c1c(Cl)cccc1Cl)N1CCCN1[C@@H]2c1ccc(F)cc1. The van der Waals surface area contributed by atoms with Gasteiger partial charge in [0.15, 0.2) is 0 Å². The average Bonchev–Trinajstić information content (AvgIpc) is 3.30. The van der Waals surface area contributed by atoms with E-state index in [1.165, 1.54) is 12.1 Å². The normalized spacial score (nSPS) is 27.5. The summed E-state index contributed by atoms with van der Waals surface area (Å²) in [4.78, 5) is 27.9. The third-order valence-electron chi connectivity index (χ3n) is 5.78. The summed E-state index contributed by atoms with van der Waals surface area (Å²) in [5, 5.41) is 4.56. The fourth-order valence-corrected chi connectivity index (χ4v) is 5.26. The lowest BCUT2D eigenvalue weighted by molar-refractivity contribution is -0.126. The number of para-hydroxylation sites is 1. The molecular weight excluding hydrogens is 404 g/mol. The molecule has 5 rings (SSSR count). The Kier molecular flexibility index (Phi) is 4.21. The number of hydrazine groups is 1. The number of imide groups is 1. The second-order valence-corrected chi connectivity index (χ2v) is 8.04. The molecule has 3 fully saturated rings. The predicted octanol–water partition coefficient (Wildman–Crippen LogP) is 3.67. The van der Waals surface area contributed by atoms with Crippen LogP contribution in [0, 0.1) is 11.7 Å². The van der Waals surface area contributed by atoms with Crippen molar-refractivity contribution in [3.8, 4) is 0 Å². The Morgan fingerprint density at radius 2 is 1.46 bits per heavy atom. The van der Waals surface area contributed by atoms with Crippen molar-refractivity contribution in [1.29, 1.82) is 0 Å². The summed E-state index contributed by atoms with van der Waals surface area (Å²) in [5.41, 5.74) is 1.05. The van der Waals surface area contributed by atoms with Crippen molar-refractivity contribution in [3.05, 3.63) is 63.9 Å². The van der Waals surface area contributed by atoms with Gasteiger partial charge >= 0.3 is 0 Å². The molecule has 28 heavy (non-hydrogen) atoms. The number of carbonyl (C=O) groups excluding carboxylic acids is 2. The van der Waals surface area contributed by atoms with Crippen molar-refractivity contribution < 1.29 is 14.0 Å². The summed E-state index contributed by atoms with van der Waals surface area (Å²) in [7, 11) is 0. The van der Waals surface area contributed by atoms with Crippen molar-refractivity contribution in [1.82, 2.24) is 10.0 Å². The van der Waals surface area contributed by atoms with Crippen LogP contribution in [-0.4, -0.2) is 41.0 Å². The molecule has 2 amide bonds. The summed E-state index contributed by atoms with van der Waals surface area (Å²) in [6.45, 7) is 1.45. The third-order valence-corrected chi connectivity index (χ3v) is 6.39. The molecule has 3 heterocycles. The number of hydrogen-bond donors (Lipinski definition) is 0. The number of nitrogens with zero attached hydrogens (tertiary/aromatic N) is 3. The molecule has 0 bridgehead atoms. The Morgan fingerprint density at radius 3 is 2.11 bits per heavy atom. The molecule has 0 radical (unpaired) electrons. The first-order valence-corrected chi connectivity index (χ1v) is 9.85. The van der Waals surface area contributed by atoms with Crippen LogP contribution < -0.4 is 4.90 Å². The molecule has 8 heteroatoms. The molecule has 0 spiro atoms. The molecule has 0 N–H and O–H groups in total. The van der Waals surface area contributed by atoms with E-state index in [2.05, 4.69) is 5.01 Å². The van der Waals surface area contributed by atoms with Crippen molar-refractivity contribution in [2.75, 3.05) is 18.0 Å². The molecule has 3 saturated heterocycles. The van der Waals surface area contributed by atoms with Crippen LogP contribution in [0.25, 0.3) is 0 Å². The standard InChI is InChI=1S/C20H16Cl2FN3O2/c21-13-3-1-4-14(22)17(13)26-19(27)15-16(11-5-7-12(23)8-6-11)24-9-2-10-25(24)18(15)20(26)28/h1,3-8,15-16,18H,2,9-10H2/t15-,16+,18-/m0/s1. The Bertz CT molecular complexity index is 964. The Balaban J connectivity index is 1.62. The molecule has 0 aliphatic carbocycles. The molecule has 2 aromatic carbocycles. The zero-order chi connectivity index (χ0) is 19.6. The molecule has 0 saturated carbocycles. The first-order valence-electron chi connectivity index (χ1n) is 9.09. The summed E-state index contributed by atoms with van der Waals surface area (Å²) in [6.07, 6.45) is 0.898. The van der Waals surface area contributed by atoms with Gasteiger partial charge in [-0.05, 0) is 36.2 Å². The van der Waals surface area contributed by atoms with Gasteiger partial charge in [0.2, 0.25) is 5.91 Å². The van der Waals surface area contributed by atoms with E-state index in [-0.39, 0.29) is 39.4 Å². The fraction of sp³-hybridized carbons (Fsp3) is 0.300. The zero-order valence-electron chi connectivity index (χ0n) is 14.7. The maximum absolute atomic E-state index is 13.4. The minimum absolute atomic E-state index is 0.235. The van der Waals surface area contributed by atoms with Crippen LogP contribution in [0.15, 0.2) is 42.5 Å². The number of amides is 2. The molecule has 3 aliphatic rings. The van der Waals surface area contributed by atoms with Gasteiger partial charge in [-0.25, -0.2) is 19.3 Å². The number of anilines is 1. The van der Waals surface area contributed by atoms with Crippen LogP contribution in [0.5, 0.6) is 0 Å². The average molecular weight is 420 g/mol. The lowest BCUT2D eigenvalue weighted by Crippen LogP contribution is -2.44. The van der Waals surface area contributed by atoms with E-state index >= 15 is 0 Å². The Hall–Kier alpha value is -1.99. The van der Waals surface area contributed by atoms with E-state index in [0.717, 1.165) is 23.4 Å². The summed E-state index contributed by atoms with van der Waals surface area (Å²) < 4.78 is 13.4. The van der Waals surface area contributed by atoms with Crippen LogP contribution in [0.4, 0.5) is 10.1 Å². The fourth-order valence-electron chi connectivity index (χ4n) is 4.70. The molecule has 3 aliphatic heterocycles. The summed E-state index contributed by atoms with van der Waals surface area (Å²) in [6, 6.07) is 10.1. The molecule has 3 atom stereocenters. The van der Waals surface area contributed by atoms with Crippen LogP contribution in [0.1, 0.15) is 18.0 Å². The first kappa shape index (κ1) is 18.1. The van der Waals surface area contributed by atoms with Gasteiger partial charge in [0, 0.05) is 13.1 Å². The highest BCUT2D eigenvalue weighted by Crippen LogP contribution is 2.50. The van der Waals surface area contributed by atoms with Crippen LogP contribution in [-0.2, 0) is 9.59 Å². The van der Waals surface area contributed by atoms with Crippen molar-refractivity contribution in [3.63, 3.8) is 0 Å². The molecule has 0 aromatic heterocycles. The van der Waals surface area contributed by atoms with Gasteiger partial charge in [0.25, 0.3) is 5.91 Å². The van der Waals surface area contributed by atoms with Crippen LogP contribution >= 0.6 is 23.2 Å². The lowest BCUT2D eigenvalue weighted by Gasteiger charge is -2.30. The molecular formula is C20H16Cl2FN3O2. The molecule has 0 unspecified atom stereocenters. The van der Waals surface area contributed by atoms with E-state index in [1.54, 1.807) is 30.3 Å². The van der Waals surface area contributed by atoms with E-state index in [9.17, 15) is 14.0 Å². The number of benzene rings is 2. The van der Waals surface area contributed by atoms with E-state index < -0.39 is 12.0 Å². The smallest absolute Gasteiger partial charge is 0.253 e.